The molecule has 0 aliphatic heterocycles. The molecule has 0 spiro atoms. The molecule has 0 aliphatic carbocycles. The molecule has 0 fully saturated rings. The normalized spacial score (nSPS) is 11.9. The molecule has 0 radical (unpaired) electrons. The van der Waals surface area contributed by atoms with E-state index in [0.29, 0.717) is 5.13 Å². The van der Waals surface area contributed by atoms with Crippen molar-refractivity contribution in [1.82, 2.24) is 4.98 Å². The van der Waals surface area contributed by atoms with Gasteiger partial charge in [-0.2, -0.15) is 0 Å². The van der Waals surface area contributed by atoms with Crippen LogP contribution in [0.15, 0.2) is 0 Å². The summed E-state index contributed by atoms with van der Waals surface area (Å²) in [6.45, 7) is 1.78. The standard InChI is InChI=1S/C9H12ClN3O3S/c1-4(3-5(11)14)12-9-13-7(10)6(17-9)8(15)16-2/h4H,3H2,1-2H3,(H2,11,14)(H,12,13). The first kappa shape index (κ1) is 13.7. The molecule has 1 rings (SSSR count). The maximum Gasteiger partial charge on any atom is 0.351 e. The van der Waals surface area contributed by atoms with Crippen molar-refractivity contribution in [1.29, 1.82) is 0 Å². The van der Waals surface area contributed by atoms with Crippen LogP contribution in [0.4, 0.5) is 5.13 Å². The second-order valence-corrected chi connectivity index (χ2v) is 4.70. The highest BCUT2D eigenvalue weighted by Gasteiger charge is 2.18. The van der Waals surface area contributed by atoms with Gasteiger partial charge in [0.25, 0.3) is 0 Å². The second-order valence-electron chi connectivity index (χ2n) is 3.35. The summed E-state index contributed by atoms with van der Waals surface area (Å²) in [5.41, 5.74) is 5.06. The van der Waals surface area contributed by atoms with Crippen LogP contribution in [0.25, 0.3) is 0 Å². The Labute approximate surface area is 107 Å². The predicted molar refractivity (Wildman–Crippen MR) is 65.4 cm³/mol. The second kappa shape index (κ2) is 5.83. The molecular formula is C9H12ClN3O3S. The summed E-state index contributed by atoms with van der Waals surface area (Å²) in [6, 6.07) is -0.180. The fourth-order valence-corrected chi connectivity index (χ4v) is 2.36. The molecular weight excluding hydrogens is 266 g/mol. The number of carbonyl (C=O) groups is 2. The monoisotopic (exact) mass is 277 g/mol. The van der Waals surface area contributed by atoms with E-state index in [1.165, 1.54) is 7.11 Å². The van der Waals surface area contributed by atoms with E-state index < -0.39 is 11.9 Å². The molecule has 0 saturated heterocycles. The van der Waals surface area contributed by atoms with Gasteiger partial charge in [0.15, 0.2) is 15.2 Å². The van der Waals surface area contributed by atoms with Crippen LogP contribution in [-0.2, 0) is 9.53 Å². The minimum Gasteiger partial charge on any atom is -0.465 e. The van der Waals surface area contributed by atoms with Crippen LogP contribution in [0.3, 0.4) is 0 Å². The van der Waals surface area contributed by atoms with E-state index in [4.69, 9.17) is 17.3 Å². The first-order valence-corrected chi connectivity index (χ1v) is 5.93. The third-order valence-electron chi connectivity index (χ3n) is 1.83. The highest BCUT2D eigenvalue weighted by molar-refractivity contribution is 7.18. The molecule has 0 aliphatic rings. The molecule has 1 atom stereocenters. The number of rotatable bonds is 5. The number of anilines is 1. The number of hydrogen-bond acceptors (Lipinski definition) is 6. The van der Waals surface area contributed by atoms with Gasteiger partial charge in [-0.25, -0.2) is 9.78 Å². The Bertz CT molecular complexity index is 435. The zero-order valence-corrected chi connectivity index (χ0v) is 10.9. The van der Waals surface area contributed by atoms with E-state index in [2.05, 4.69) is 15.0 Å². The van der Waals surface area contributed by atoms with Crippen LogP contribution in [0.5, 0.6) is 0 Å². The van der Waals surface area contributed by atoms with Crippen molar-refractivity contribution in [3.8, 4) is 0 Å². The van der Waals surface area contributed by atoms with Gasteiger partial charge in [0.2, 0.25) is 5.91 Å². The topological polar surface area (TPSA) is 94.3 Å². The van der Waals surface area contributed by atoms with Crippen molar-refractivity contribution in [2.75, 3.05) is 12.4 Å². The van der Waals surface area contributed by atoms with Crippen molar-refractivity contribution in [2.45, 2.75) is 19.4 Å². The Kier molecular flexibility index (Phi) is 4.71. The number of nitrogens with two attached hydrogens (primary N) is 1. The summed E-state index contributed by atoms with van der Waals surface area (Å²) in [5, 5.41) is 3.46. The number of thiazole rings is 1. The van der Waals surface area contributed by atoms with Crippen molar-refractivity contribution in [3.05, 3.63) is 10.0 Å². The molecule has 6 nitrogen and oxygen atoms in total. The van der Waals surface area contributed by atoms with Crippen LogP contribution < -0.4 is 11.1 Å². The van der Waals surface area contributed by atoms with Gasteiger partial charge in [-0.1, -0.05) is 22.9 Å². The van der Waals surface area contributed by atoms with Gasteiger partial charge in [-0.3, -0.25) is 4.79 Å². The summed E-state index contributed by atoms with van der Waals surface area (Å²) in [7, 11) is 1.27. The van der Waals surface area contributed by atoms with Gasteiger partial charge in [0.1, 0.15) is 0 Å². The number of esters is 1. The van der Waals surface area contributed by atoms with E-state index >= 15 is 0 Å². The highest BCUT2D eigenvalue weighted by Crippen LogP contribution is 2.28. The van der Waals surface area contributed by atoms with Gasteiger partial charge in [-0.05, 0) is 6.92 Å². The fraction of sp³-hybridized carbons (Fsp3) is 0.444. The zero-order valence-electron chi connectivity index (χ0n) is 9.32. The minimum absolute atomic E-state index is 0.0793. The Morgan fingerprint density at radius 1 is 1.65 bits per heavy atom. The average molecular weight is 278 g/mol. The molecule has 1 amide bonds. The third-order valence-corrected chi connectivity index (χ3v) is 3.19. The van der Waals surface area contributed by atoms with Gasteiger partial charge >= 0.3 is 5.97 Å². The van der Waals surface area contributed by atoms with Crippen LogP contribution >= 0.6 is 22.9 Å². The van der Waals surface area contributed by atoms with Crippen LogP contribution in [0, 0.1) is 0 Å². The quantitative estimate of drug-likeness (QED) is 0.790. The number of nitrogens with one attached hydrogen (secondary N) is 1. The molecule has 3 N–H and O–H groups in total. The van der Waals surface area contributed by atoms with E-state index in [0.717, 1.165) is 11.3 Å². The Morgan fingerprint density at radius 2 is 2.29 bits per heavy atom. The number of methoxy groups -OCH3 is 1. The number of halogens is 1. The number of nitrogens with zero attached hydrogens (tertiary/aromatic N) is 1. The Balaban J connectivity index is 2.73. The lowest BCUT2D eigenvalue weighted by Crippen LogP contribution is -2.23. The van der Waals surface area contributed by atoms with E-state index in [1.54, 1.807) is 6.92 Å². The number of ether oxygens (including phenoxy) is 1. The number of amides is 1. The lowest BCUT2D eigenvalue weighted by Gasteiger charge is -2.09. The summed E-state index contributed by atoms with van der Waals surface area (Å²) >= 11 is 6.84. The first-order chi connectivity index (χ1) is 7.93. The lowest BCUT2D eigenvalue weighted by atomic mass is 10.2. The van der Waals surface area contributed by atoms with E-state index in [1.807, 2.05) is 0 Å². The molecule has 17 heavy (non-hydrogen) atoms. The number of aromatic nitrogens is 1. The summed E-state index contributed by atoms with van der Waals surface area (Å²) < 4.78 is 4.55. The molecule has 0 saturated carbocycles. The Morgan fingerprint density at radius 3 is 2.82 bits per heavy atom. The van der Waals surface area contributed by atoms with E-state index in [9.17, 15) is 9.59 Å². The van der Waals surface area contributed by atoms with Crippen molar-refractivity contribution < 1.29 is 14.3 Å². The summed E-state index contributed by atoms with van der Waals surface area (Å²) in [4.78, 5) is 26.1. The number of hydrogen-bond donors (Lipinski definition) is 2. The molecule has 0 bridgehead atoms. The maximum atomic E-state index is 11.3. The van der Waals surface area contributed by atoms with Crippen molar-refractivity contribution in [3.63, 3.8) is 0 Å². The lowest BCUT2D eigenvalue weighted by molar-refractivity contribution is -0.118. The average Bonchev–Trinajstić information content (AvgIpc) is 2.56. The van der Waals surface area contributed by atoms with Gasteiger partial charge in [0, 0.05) is 12.5 Å². The van der Waals surface area contributed by atoms with Crippen LogP contribution in [0.1, 0.15) is 23.0 Å². The van der Waals surface area contributed by atoms with Gasteiger partial charge < -0.3 is 15.8 Å². The molecule has 0 aromatic carbocycles. The van der Waals surface area contributed by atoms with Crippen LogP contribution in [-0.4, -0.2) is 30.0 Å². The number of carbonyl (C=O) groups excluding carboxylic acids is 2. The third kappa shape index (κ3) is 3.86. The van der Waals surface area contributed by atoms with E-state index in [-0.39, 0.29) is 22.5 Å². The van der Waals surface area contributed by atoms with Crippen molar-refractivity contribution in [2.24, 2.45) is 5.73 Å². The molecule has 1 aromatic heterocycles. The first-order valence-electron chi connectivity index (χ1n) is 4.73. The van der Waals surface area contributed by atoms with Gasteiger partial charge in [-0.15, -0.1) is 0 Å². The molecule has 1 aromatic rings. The predicted octanol–water partition coefficient (Wildman–Crippen LogP) is 1.26. The number of primary amides is 1. The zero-order chi connectivity index (χ0) is 13.0. The highest BCUT2D eigenvalue weighted by atomic mass is 35.5. The fourth-order valence-electron chi connectivity index (χ4n) is 1.15. The Hall–Kier alpha value is -1.34. The van der Waals surface area contributed by atoms with Crippen LogP contribution in [0.2, 0.25) is 5.15 Å². The SMILES string of the molecule is COC(=O)c1sc(NC(C)CC(N)=O)nc1Cl. The minimum atomic E-state index is -0.539. The smallest absolute Gasteiger partial charge is 0.351 e. The largest absolute Gasteiger partial charge is 0.465 e. The molecule has 94 valence electrons. The summed E-state index contributed by atoms with van der Waals surface area (Å²) in [6.07, 6.45) is 0.171. The molecule has 1 unspecified atom stereocenters. The molecule has 1 heterocycles. The molecule has 8 heteroatoms. The summed E-state index contributed by atoms with van der Waals surface area (Å²) in [5.74, 6) is -0.955. The maximum absolute atomic E-state index is 11.3. The van der Waals surface area contributed by atoms with Crippen molar-refractivity contribution >= 4 is 39.9 Å². The van der Waals surface area contributed by atoms with Gasteiger partial charge in [0.05, 0.1) is 7.11 Å².